The van der Waals surface area contributed by atoms with Crippen LogP contribution in [0.15, 0.2) is 29.4 Å². The van der Waals surface area contributed by atoms with E-state index in [1.165, 1.54) is 0 Å². The summed E-state index contributed by atoms with van der Waals surface area (Å²) >= 11 is 0. The second kappa shape index (κ2) is 6.62. The Morgan fingerprint density at radius 3 is 2.88 bits per heavy atom. The Bertz CT molecular complexity index is 336. The monoisotopic (exact) mass is 237 g/mol. The van der Waals surface area contributed by atoms with E-state index in [0.29, 0.717) is 13.2 Å². The number of rotatable bonds is 7. The van der Waals surface area contributed by atoms with Crippen molar-refractivity contribution < 1.29 is 9.15 Å². The van der Waals surface area contributed by atoms with E-state index in [4.69, 9.17) is 9.15 Å². The standard InChI is InChI=1S/C14H23NO2/c1-5-6-8-16-11-12-7-9-17-13(12)10-15-14(2,3)4/h5,7,9,15H,1,6,8,10-11H2,2-4H3. The van der Waals surface area contributed by atoms with E-state index in [2.05, 4.69) is 32.7 Å². The first-order chi connectivity index (χ1) is 8.03. The molecule has 0 saturated heterocycles. The minimum Gasteiger partial charge on any atom is -0.468 e. The summed E-state index contributed by atoms with van der Waals surface area (Å²) in [5.41, 5.74) is 1.21. The Hall–Kier alpha value is -1.06. The minimum absolute atomic E-state index is 0.0910. The fourth-order valence-corrected chi connectivity index (χ4v) is 1.34. The highest BCUT2D eigenvalue weighted by atomic mass is 16.5. The molecule has 0 unspecified atom stereocenters. The van der Waals surface area contributed by atoms with Gasteiger partial charge in [0.05, 0.1) is 26.0 Å². The zero-order valence-electron chi connectivity index (χ0n) is 11.1. The van der Waals surface area contributed by atoms with Crippen LogP contribution in [0.5, 0.6) is 0 Å². The molecule has 0 fully saturated rings. The van der Waals surface area contributed by atoms with Crippen molar-refractivity contribution in [3.05, 3.63) is 36.3 Å². The molecule has 0 aromatic carbocycles. The van der Waals surface area contributed by atoms with E-state index in [1.54, 1.807) is 6.26 Å². The van der Waals surface area contributed by atoms with Gasteiger partial charge in [0.2, 0.25) is 0 Å². The molecular formula is C14H23NO2. The average molecular weight is 237 g/mol. The Morgan fingerprint density at radius 1 is 1.47 bits per heavy atom. The first-order valence-electron chi connectivity index (χ1n) is 6.02. The van der Waals surface area contributed by atoms with Crippen LogP contribution in [0, 0.1) is 0 Å². The molecule has 17 heavy (non-hydrogen) atoms. The second-order valence-electron chi connectivity index (χ2n) is 5.10. The van der Waals surface area contributed by atoms with E-state index < -0.39 is 0 Å². The van der Waals surface area contributed by atoms with E-state index in [-0.39, 0.29) is 5.54 Å². The summed E-state index contributed by atoms with van der Waals surface area (Å²) in [6.45, 7) is 12.1. The lowest BCUT2D eigenvalue weighted by atomic mass is 10.1. The van der Waals surface area contributed by atoms with E-state index in [0.717, 1.165) is 24.3 Å². The van der Waals surface area contributed by atoms with Crippen molar-refractivity contribution in [2.45, 2.75) is 45.9 Å². The zero-order chi connectivity index (χ0) is 12.7. The van der Waals surface area contributed by atoms with E-state index in [9.17, 15) is 0 Å². The summed E-state index contributed by atoms with van der Waals surface area (Å²) in [4.78, 5) is 0. The highest BCUT2D eigenvalue weighted by molar-refractivity contribution is 5.16. The lowest BCUT2D eigenvalue weighted by Gasteiger charge is -2.20. The fraction of sp³-hybridized carbons (Fsp3) is 0.571. The Kier molecular flexibility index (Phi) is 5.45. The third-order valence-electron chi connectivity index (χ3n) is 2.34. The Morgan fingerprint density at radius 2 is 2.24 bits per heavy atom. The normalized spacial score (nSPS) is 11.7. The first kappa shape index (κ1) is 14.0. The molecule has 0 aliphatic carbocycles. The van der Waals surface area contributed by atoms with Crippen LogP contribution in [0.3, 0.4) is 0 Å². The summed E-state index contributed by atoms with van der Waals surface area (Å²) < 4.78 is 11.0. The smallest absolute Gasteiger partial charge is 0.123 e. The lowest BCUT2D eigenvalue weighted by molar-refractivity contribution is 0.124. The van der Waals surface area contributed by atoms with Crippen molar-refractivity contribution >= 4 is 0 Å². The highest BCUT2D eigenvalue weighted by Gasteiger charge is 2.12. The van der Waals surface area contributed by atoms with Crippen molar-refractivity contribution in [2.24, 2.45) is 0 Å². The highest BCUT2D eigenvalue weighted by Crippen LogP contribution is 2.13. The molecule has 1 aromatic rings. The quantitative estimate of drug-likeness (QED) is 0.584. The van der Waals surface area contributed by atoms with Gasteiger partial charge in [-0.15, -0.1) is 6.58 Å². The number of furan rings is 1. The van der Waals surface area contributed by atoms with Crippen LogP contribution >= 0.6 is 0 Å². The van der Waals surface area contributed by atoms with Crippen LogP contribution in [-0.4, -0.2) is 12.1 Å². The van der Waals surface area contributed by atoms with Gasteiger partial charge in [-0.2, -0.15) is 0 Å². The molecule has 0 saturated carbocycles. The number of nitrogens with one attached hydrogen (secondary N) is 1. The SMILES string of the molecule is C=CCCOCc1ccoc1CNC(C)(C)C. The van der Waals surface area contributed by atoms with Crippen LogP contribution in [0.4, 0.5) is 0 Å². The van der Waals surface area contributed by atoms with Crippen LogP contribution in [0.2, 0.25) is 0 Å². The van der Waals surface area contributed by atoms with Gasteiger partial charge in [0.1, 0.15) is 5.76 Å². The van der Waals surface area contributed by atoms with Gasteiger partial charge in [0.25, 0.3) is 0 Å². The molecule has 3 heteroatoms. The average Bonchev–Trinajstić information content (AvgIpc) is 2.68. The molecular weight excluding hydrogens is 214 g/mol. The van der Waals surface area contributed by atoms with Crippen LogP contribution < -0.4 is 5.32 Å². The van der Waals surface area contributed by atoms with Gasteiger partial charge in [-0.3, -0.25) is 0 Å². The fourth-order valence-electron chi connectivity index (χ4n) is 1.34. The molecule has 0 aliphatic heterocycles. The van der Waals surface area contributed by atoms with Crippen molar-refractivity contribution in [1.82, 2.24) is 5.32 Å². The maximum absolute atomic E-state index is 5.53. The molecule has 0 bridgehead atoms. The van der Waals surface area contributed by atoms with Crippen molar-refractivity contribution in [1.29, 1.82) is 0 Å². The van der Waals surface area contributed by atoms with Gasteiger partial charge in [0.15, 0.2) is 0 Å². The van der Waals surface area contributed by atoms with Gasteiger partial charge >= 0.3 is 0 Å². The molecule has 0 aliphatic rings. The van der Waals surface area contributed by atoms with Gasteiger partial charge in [-0.05, 0) is 33.3 Å². The molecule has 1 aromatic heterocycles. The van der Waals surface area contributed by atoms with E-state index in [1.807, 2.05) is 12.1 Å². The minimum atomic E-state index is 0.0910. The summed E-state index contributed by atoms with van der Waals surface area (Å²) in [5, 5.41) is 3.40. The van der Waals surface area contributed by atoms with Gasteiger partial charge in [-0.25, -0.2) is 0 Å². The summed E-state index contributed by atoms with van der Waals surface area (Å²) in [7, 11) is 0. The Labute approximate surface area is 104 Å². The third kappa shape index (κ3) is 5.71. The zero-order valence-corrected chi connectivity index (χ0v) is 11.1. The van der Waals surface area contributed by atoms with Gasteiger partial charge < -0.3 is 14.5 Å². The predicted molar refractivity (Wildman–Crippen MR) is 69.8 cm³/mol. The largest absolute Gasteiger partial charge is 0.468 e. The molecule has 1 rings (SSSR count). The van der Waals surface area contributed by atoms with Crippen molar-refractivity contribution in [2.75, 3.05) is 6.61 Å². The van der Waals surface area contributed by atoms with E-state index >= 15 is 0 Å². The summed E-state index contributed by atoms with van der Waals surface area (Å²) in [5.74, 6) is 0.957. The van der Waals surface area contributed by atoms with Crippen LogP contribution in [0.1, 0.15) is 38.5 Å². The molecule has 0 spiro atoms. The number of hydrogen-bond donors (Lipinski definition) is 1. The van der Waals surface area contributed by atoms with Crippen LogP contribution in [-0.2, 0) is 17.9 Å². The summed E-state index contributed by atoms with van der Waals surface area (Å²) in [6, 6.07) is 1.97. The van der Waals surface area contributed by atoms with Gasteiger partial charge in [0, 0.05) is 11.1 Å². The van der Waals surface area contributed by atoms with Crippen molar-refractivity contribution in [3.8, 4) is 0 Å². The maximum Gasteiger partial charge on any atom is 0.123 e. The topological polar surface area (TPSA) is 34.4 Å². The van der Waals surface area contributed by atoms with Gasteiger partial charge in [-0.1, -0.05) is 6.08 Å². The molecule has 96 valence electrons. The Balaban J connectivity index is 2.40. The predicted octanol–water partition coefficient (Wildman–Crippen LogP) is 3.26. The molecule has 0 atom stereocenters. The molecule has 3 nitrogen and oxygen atoms in total. The molecule has 1 heterocycles. The number of hydrogen-bond acceptors (Lipinski definition) is 3. The summed E-state index contributed by atoms with van der Waals surface area (Å²) in [6.07, 6.45) is 4.46. The maximum atomic E-state index is 5.53. The van der Waals surface area contributed by atoms with Crippen LogP contribution in [0.25, 0.3) is 0 Å². The molecule has 0 radical (unpaired) electrons. The van der Waals surface area contributed by atoms with Crippen molar-refractivity contribution in [3.63, 3.8) is 0 Å². The molecule has 0 amide bonds. The first-order valence-corrected chi connectivity index (χ1v) is 6.02. The second-order valence-corrected chi connectivity index (χ2v) is 5.10. The number of ether oxygens (including phenoxy) is 1. The third-order valence-corrected chi connectivity index (χ3v) is 2.34. The lowest BCUT2D eigenvalue weighted by Crippen LogP contribution is -2.35. The molecule has 1 N–H and O–H groups in total.